The van der Waals surface area contributed by atoms with Crippen LogP contribution in [-0.4, -0.2) is 22.7 Å². The molecule has 5 nitrogen and oxygen atoms in total. The van der Waals surface area contributed by atoms with Crippen molar-refractivity contribution in [2.24, 2.45) is 0 Å². The second-order valence-electron chi connectivity index (χ2n) is 2.91. The van der Waals surface area contributed by atoms with Crippen LogP contribution < -0.4 is 4.74 Å². The highest BCUT2D eigenvalue weighted by Crippen LogP contribution is 2.18. The Morgan fingerprint density at radius 3 is 2.93 bits per heavy atom. The van der Waals surface area contributed by atoms with Gasteiger partial charge in [0.2, 0.25) is 0 Å². The van der Waals surface area contributed by atoms with E-state index in [1.165, 1.54) is 18.2 Å². The molecule has 76 valence electrons. The van der Waals surface area contributed by atoms with Crippen molar-refractivity contribution in [3.05, 3.63) is 34.4 Å². The first-order chi connectivity index (χ1) is 6.59. The first-order valence-electron chi connectivity index (χ1n) is 4.15. The summed E-state index contributed by atoms with van der Waals surface area (Å²) >= 11 is 0. The van der Waals surface area contributed by atoms with Crippen LogP contribution in [0.5, 0.6) is 5.75 Å². The zero-order chi connectivity index (χ0) is 10.6. The fourth-order valence-electron chi connectivity index (χ4n) is 0.904. The van der Waals surface area contributed by atoms with Crippen molar-refractivity contribution in [2.75, 3.05) is 6.61 Å². The van der Waals surface area contributed by atoms with Gasteiger partial charge in [0.05, 0.1) is 17.1 Å². The van der Waals surface area contributed by atoms with Crippen LogP contribution in [0.1, 0.15) is 6.92 Å². The third-order valence-corrected chi connectivity index (χ3v) is 1.52. The number of aliphatic hydroxyl groups is 1. The van der Waals surface area contributed by atoms with Crippen LogP contribution in [0.2, 0.25) is 0 Å². The maximum atomic E-state index is 10.4. The number of ether oxygens (including phenoxy) is 1. The summed E-state index contributed by atoms with van der Waals surface area (Å²) in [7, 11) is 0. The van der Waals surface area contributed by atoms with Crippen LogP contribution in [0.15, 0.2) is 24.3 Å². The minimum absolute atomic E-state index is 0.0203. The third kappa shape index (κ3) is 3.02. The van der Waals surface area contributed by atoms with Gasteiger partial charge in [-0.3, -0.25) is 10.1 Å². The van der Waals surface area contributed by atoms with E-state index in [1.54, 1.807) is 13.0 Å². The number of benzene rings is 1. The molecule has 0 bridgehead atoms. The molecule has 14 heavy (non-hydrogen) atoms. The molecule has 1 N–H and O–H groups in total. The standard InChI is InChI=1S/C9H11NO4/c1-7(11)6-14-9-4-2-3-8(5-9)10(12)13/h2-5,7,11H,6H2,1H3. The van der Waals surface area contributed by atoms with Crippen LogP contribution in [0.25, 0.3) is 0 Å². The summed E-state index contributed by atoms with van der Waals surface area (Å²) in [6.45, 7) is 1.71. The molecule has 5 heteroatoms. The Balaban J connectivity index is 2.69. The Labute approximate surface area is 81.1 Å². The minimum atomic E-state index is -0.589. The summed E-state index contributed by atoms with van der Waals surface area (Å²) in [4.78, 5) is 9.90. The van der Waals surface area contributed by atoms with Crippen molar-refractivity contribution < 1.29 is 14.8 Å². The predicted molar refractivity (Wildman–Crippen MR) is 50.3 cm³/mol. The molecule has 0 spiro atoms. The number of hydrogen-bond donors (Lipinski definition) is 1. The maximum Gasteiger partial charge on any atom is 0.273 e. The summed E-state index contributed by atoms with van der Waals surface area (Å²) in [5.41, 5.74) is -0.0203. The van der Waals surface area contributed by atoms with Gasteiger partial charge in [0.25, 0.3) is 5.69 Å². The van der Waals surface area contributed by atoms with Crippen LogP contribution in [0, 0.1) is 10.1 Å². The molecule has 0 aliphatic carbocycles. The fourth-order valence-corrected chi connectivity index (χ4v) is 0.904. The summed E-state index contributed by atoms with van der Waals surface area (Å²) in [6.07, 6.45) is -0.589. The Morgan fingerprint density at radius 1 is 1.64 bits per heavy atom. The quantitative estimate of drug-likeness (QED) is 0.584. The van der Waals surface area contributed by atoms with Gasteiger partial charge in [0, 0.05) is 6.07 Å². The highest BCUT2D eigenvalue weighted by Gasteiger charge is 2.06. The first kappa shape index (κ1) is 10.5. The van der Waals surface area contributed by atoms with Gasteiger partial charge < -0.3 is 9.84 Å². The Morgan fingerprint density at radius 2 is 2.36 bits per heavy atom. The minimum Gasteiger partial charge on any atom is -0.491 e. The van der Waals surface area contributed by atoms with Gasteiger partial charge in [-0.05, 0) is 13.0 Å². The van der Waals surface area contributed by atoms with Crippen LogP contribution in [0.4, 0.5) is 5.69 Å². The van der Waals surface area contributed by atoms with Crippen molar-refractivity contribution in [2.45, 2.75) is 13.0 Å². The van der Waals surface area contributed by atoms with E-state index in [-0.39, 0.29) is 12.3 Å². The molecule has 0 radical (unpaired) electrons. The SMILES string of the molecule is CC(O)COc1cccc([N+](=O)[O-])c1. The molecule has 0 fully saturated rings. The van der Waals surface area contributed by atoms with E-state index in [4.69, 9.17) is 9.84 Å². The zero-order valence-corrected chi connectivity index (χ0v) is 7.71. The second-order valence-corrected chi connectivity index (χ2v) is 2.91. The Hall–Kier alpha value is -1.62. The van der Waals surface area contributed by atoms with Gasteiger partial charge in [-0.1, -0.05) is 6.07 Å². The summed E-state index contributed by atoms with van der Waals surface area (Å²) in [5, 5.41) is 19.3. The number of nitro benzene ring substituents is 1. The maximum absolute atomic E-state index is 10.4. The van der Waals surface area contributed by atoms with E-state index < -0.39 is 11.0 Å². The van der Waals surface area contributed by atoms with Gasteiger partial charge >= 0.3 is 0 Å². The molecule has 1 atom stereocenters. The Kier molecular flexibility index (Phi) is 3.41. The Bertz CT molecular complexity index is 324. The van der Waals surface area contributed by atoms with E-state index in [0.29, 0.717) is 5.75 Å². The average molecular weight is 197 g/mol. The molecule has 0 saturated carbocycles. The van der Waals surface area contributed by atoms with Crippen molar-refractivity contribution in [3.63, 3.8) is 0 Å². The van der Waals surface area contributed by atoms with Gasteiger partial charge in [-0.2, -0.15) is 0 Å². The largest absolute Gasteiger partial charge is 0.491 e. The highest BCUT2D eigenvalue weighted by molar-refractivity contribution is 5.37. The van der Waals surface area contributed by atoms with E-state index in [9.17, 15) is 10.1 Å². The fraction of sp³-hybridized carbons (Fsp3) is 0.333. The van der Waals surface area contributed by atoms with Crippen molar-refractivity contribution in [1.29, 1.82) is 0 Å². The highest BCUT2D eigenvalue weighted by atomic mass is 16.6. The molecular formula is C9H11NO4. The normalized spacial score (nSPS) is 12.1. The van der Waals surface area contributed by atoms with E-state index >= 15 is 0 Å². The van der Waals surface area contributed by atoms with E-state index in [2.05, 4.69) is 0 Å². The zero-order valence-electron chi connectivity index (χ0n) is 7.71. The first-order valence-corrected chi connectivity index (χ1v) is 4.15. The number of non-ortho nitro benzene ring substituents is 1. The number of aliphatic hydroxyl groups excluding tert-OH is 1. The summed E-state index contributed by atoms with van der Waals surface area (Å²) in [6, 6.07) is 5.85. The van der Waals surface area contributed by atoms with Gasteiger partial charge in [-0.15, -0.1) is 0 Å². The number of rotatable bonds is 4. The molecule has 0 saturated heterocycles. The van der Waals surface area contributed by atoms with Gasteiger partial charge in [-0.25, -0.2) is 0 Å². The lowest BCUT2D eigenvalue weighted by Gasteiger charge is -2.07. The lowest BCUT2D eigenvalue weighted by atomic mass is 10.3. The number of nitro groups is 1. The molecule has 1 unspecified atom stereocenters. The van der Waals surface area contributed by atoms with Gasteiger partial charge in [0.1, 0.15) is 12.4 Å². The van der Waals surface area contributed by atoms with Crippen molar-refractivity contribution in [1.82, 2.24) is 0 Å². The molecule has 1 rings (SSSR count). The third-order valence-electron chi connectivity index (χ3n) is 1.52. The molecule has 0 aliphatic rings. The van der Waals surface area contributed by atoms with Crippen LogP contribution >= 0.6 is 0 Å². The lowest BCUT2D eigenvalue weighted by molar-refractivity contribution is -0.384. The van der Waals surface area contributed by atoms with Crippen LogP contribution in [0.3, 0.4) is 0 Å². The van der Waals surface area contributed by atoms with Gasteiger partial charge in [0.15, 0.2) is 0 Å². The van der Waals surface area contributed by atoms with E-state index in [1.807, 2.05) is 0 Å². The monoisotopic (exact) mass is 197 g/mol. The predicted octanol–water partition coefficient (Wildman–Crippen LogP) is 1.35. The average Bonchev–Trinajstić information content (AvgIpc) is 2.15. The van der Waals surface area contributed by atoms with E-state index in [0.717, 1.165) is 0 Å². The smallest absolute Gasteiger partial charge is 0.273 e. The lowest BCUT2D eigenvalue weighted by Crippen LogP contribution is -2.12. The topological polar surface area (TPSA) is 72.6 Å². The molecule has 0 aliphatic heterocycles. The van der Waals surface area contributed by atoms with Crippen molar-refractivity contribution >= 4 is 5.69 Å². The molecule has 0 heterocycles. The second kappa shape index (κ2) is 4.57. The molecule has 0 aromatic heterocycles. The van der Waals surface area contributed by atoms with Crippen molar-refractivity contribution in [3.8, 4) is 5.75 Å². The number of hydrogen-bond acceptors (Lipinski definition) is 4. The molecule has 1 aromatic carbocycles. The summed E-state index contributed by atoms with van der Waals surface area (Å²) in [5.74, 6) is 0.389. The molecular weight excluding hydrogens is 186 g/mol. The summed E-state index contributed by atoms with van der Waals surface area (Å²) < 4.78 is 5.10. The number of nitrogens with zero attached hydrogens (tertiary/aromatic N) is 1. The van der Waals surface area contributed by atoms with Crippen LogP contribution in [-0.2, 0) is 0 Å². The molecule has 1 aromatic rings. The molecule has 0 amide bonds.